The van der Waals surface area contributed by atoms with Gasteiger partial charge in [-0.3, -0.25) is 4.79 Å². The number of rotatable bonds is 8. The Labute approximate surface area is 101 Å². The second kappa shape index (κ2) is 7.65. The number of carbonyl (C=O) groups is 2. The van der Waals surface area contributed by atoms with Crippen molar-refractivity contribution in [2.24, 2.45) is 0 Å². The number of amides is 1. The molecule has 0 spiro atoms. The van der Waals surface area contributed by atoms with Crippen LogP contribution in [0.3, 0.4) is 0 Å². The molecule has 6 heteroatoms. The van der Waals surface area contributed by atoms with E-state index in [1.807, 2.05) is 13.8 Å². The number of likely N-dealkylation sites (N-methyl/N-ethyl adjacent to an activating group) is 1. The highest BCUT2D eigenvalue weighted by molar-refractivity contribution is 8.00. The molecule has 0 aromatic carbocycles. The Morgan fingerprint density at radius 2 is 2.19 bits per heavy atom. The normalized spacial score (nSPS) is 13.2. The van der Waals surface area contributed by atoms with Gasteiger partial charge >= 0.3 is 0 Å². The zero-order valence-corrected chi connectivity index (χ0v) is 11.0. The van der Waals surface area contributed by atoms with Crippen LogP contribution in [-0.2, 0) is 14.3 Å². The fraction of sp³-hybridized carbons (Fsp3) is 0.800. The van der Waals surface area contributed by atoms with E-state index >= 15 is 0 Å². The van der Waals surface area contributed by atoms with Crippen LogP contribution in [0.1, 0.15) is 13.8 Å². The van der Waals surface area contributed by atoms with Crippen molar-refractivity contribution in [3.05, 3.63) is 0 Å². The third-order valence-electron chi connectivity index (χ3n) is 1.95. The molecule has 0 aliphatic heterocycles. The van der Waals surface area contributed by atoms with Gasteiger partial charge in [-0.1, -0.05) is 0 Å². The van der Waals surface area contributed by atoms with Gasteiger partial charge in [0.05, 0.1) is 12.6 Å². The van der Waals surface area contributed by atoms with Crippen molar-refractivity contribution < 1.29 is 14.3 Å². The maximum Gasteiger partial charge on any atom is 0.234 e. The van der Waals surface area contributed by atoms with Gasteiger partial charge in [0.15, 0.2) is 0 Å². The zero-order valence-electron chi connectivity index (χ0n) is 10.2. The molecule has 0 saturated heterocycles. The number of carbonyl (C=O) groups excluding carboxylic acids is 2. The number of hydrogen-bond donors (Lipinski definition) is 2. The third-order valence-corrected chi connectivity index (χ3v) is 3.34. The van der Waals surface area contributed by atoms with Crippen LogP contribution < -0.4 is 10.6 Å². The third kappa shape index (κ3) is 6.81. The quantitative estimate of drug-likeness (QED) is 0.468. The van der Waals surface area contributed by atoms with Gasteiger partial charge in [-0.15, -0.1) is 11.8 Å². The van der Waals surface area contributed by atoms with Crippen LogP contribution in [-0.4, -0.2) is 49.6 Å². The van der Waals surface area contributed by atoms with E-state index in [1.165, 1.54) is 11.8 Å². The van der Waals surface area contributed by atoms with E-state index in [2.05, 4.69) is 10.6 Å². The van der Waals surface area contributed by atoms with Crippen molar-refractivity contribution in [1.82, 2.24) is 10.6 Å². The fourth-order valence-corrected chi connectivity index (χ4v) is 1.74. The van der Waals surface area contributed by atoms with Crippen LogP contribution in [0.25, 0.3) is 0 Å². The van der Waals surface area contributed by atoms with E-state index < -0.39 is 6.04 Å². The number of nitrogens with one attached hydrogen (secondary N) is 2. The lowest BCUT2D eigenvalue weighted by atomic mass is 10.3. The second-order valence-corrected chi connectivity index (χ2v) is 5.36. The smallest absolute Gasteiger partial charge is 0.234 e. The molecular formula is C10H20N2O3S. The van der Waals surface area contributed by atoms with Crippen molar-refractivity contribution >= 4 is 24.0 Å². The Morgan fingerprint density at radius 3 is 2.62 bits per heavy atom. The molecule has 16 heavy (non-hydrogen) atoms. The Balaban J connectivity index is 4.01. The molecule has 94 valence electrons. The summed E-state index contributed by atoms with van der Waals surface area (Å²) >= 11 is 1.48. The maximum atomic E-state index is 11.2. The molecule has 0 aliphatic rings. The minimum absolute atomic E-state index is 0.185. The molecule has 1 unspecified atom stereocenters. The van der Waals surface area contributed by atoms with Gasteiger partial charge in [0.25, 0.3) is 0 Å². The highest BCUT2D eigenvalue weighted by atomic mass is 32.2. The number of thioether (sulfide) groups is 1. The Kier molecular flexibility index (Phi) is 7.36. The van der Waals surface area contributed by atoms with Gasteiger partial charge in [-0.2, -0.15) is 0 Å². The van der Waals surface area contributed by atoms with Crippen LogP contribution in [0, 0.1) is 0 Å². The molecule has 0 bridgehead atoms. The summed E-state index contributed by atoms with van der Waals surface area (Å²) in [5.41, 5.74) is 0. The standard InChI is InChI=1S/C10H20N2O3S/c1-10(2,15-4)16-7-8(6-13)12-9(14)5-11-3/h6,8,11H,5,7H2,1-4H3,(H,12,14). The lowest BCUT2D eigenvalue weighted by Crippen LogP contribution is -2.42. The van der Waals surface area contributed by atoms with Gasteiger partial charge < -0.3 is 20.2 Å². The first-order valence-electron chi connectivity index (χ1n) is 5.03. The average molecular weight is 248 g/mol. The minimum Gasteiger partial charge on any atom is -0.368 e. The van der Waals surface area contributed by atoms with Gasteiger partial charge in [0.2, 0.25) is 5.91 Å². The van der Waals surface area contributed by atoms with Gasteiger partial charge in [0, 0.05) is 12.9 Å². The zero-order chi connectivity index (χ0) is 12.6. The van der Waals surface area contributed by atoms with Gasteiger partial charge in [-0.25, -0.2) is 0 Å². The molecule has 0 aromatic heterocycles. The van der Waals surface area contributed by atoms with Crippen LogP contribution in [0.2, 0.25) is 0 Å². The summed E-state index contributed by atoms with van der Waals surface area (Å²) in [6, 6.07) is -0.472. The number of ether oxygens (including phenoxy) is 1. The van der Waals surface area contributed by atoms with Crippen molar-refractivity contribution in [3.63, 3.8) is 0 Å². The molecule has 1 amide bonds. The molecule has 2 N–H and O–H groups in total. The topological polar surface area (TPSA) is 67.4 Å². The molecule has 0 heterocycles. The first kappa shape index (κ1) is 15.4. The van der Waals surface area contributed by atoms with Gasteiger partial charge in [-0.05, 0) is 20.9 Å². The highest BCUT2D eigenvalue weighted by Gasteiger charge is 2.20. The first-order valence-corrected chi connectivity index (χ1v) is 6.02. The summed E-state index contributed by atoms with van der Waals surface area (Å²) in [7, 11) is 3.29. The van der Waals surface area contributed by atoms with Crippen molar-refractivity contribution in [2.45, 2.75) is 24.8 Å². The summed E-state index contributed by atoms with van der Waals surface area (Å²) < 4.78 is 5.21. The Bertz CT molecular complexity index is 234. The molecule has 0 aromatic rings. The molecule has 0 fully saturated rings. The summed E-state index contributed by atoms with van der Waals surface area (Å²) in [5.74, 6) is 0.315. The van der Waals surface area contributed by atoms with Crippen LogP contribution in [0.15, 0.2) is 0 Å². The van der Waals surface area contributed by atoms with Crippen molar-refractivity contribution in [1.29, 1.82) is 0 Å². The van der Waals surface area contributed by atoms with Crippen LogP contribution in [0.4, 0.5) is 0 Å². The number of methoxy groups -OCH3 is 1. The predicted octanol–water partition coefficient (Wildman–Crippen LogP) is 0.00520. The Hall–Kier alpha value is -0.590. The summed E-state index contributed by atoms with van der Waals surface area (Å²) in [6.07, 6.45) is 0.742. The van der Waals surface area contributed by atoms with E-state index in [4.69, 9.17) is 4.74 Å². The van der Waals surface area contributed by atoms with E-state index in [9.17, 15) is 9.59 Å². The highest BCUT2D eigenvalue weighted by Crippen LogP contribution is 2.24. The van der Waals surface area contributed by atoms with E-state index in [0.29, 0.717) is 5.75 Å². The lowest BCUT2D eigenvalue weighted by Gasteiger charge is -2.23. The predicted molar refractivity (Wildman–Crippen MR) is 65.5 cm³/mol. The van der Waals surface area contributed by atoms with E-state index in [1.54, 1.807) is 14.2 Å². The van der Waals surface area contributed by atoms with Gasteiger partial charge in [0.1, 0.15) is 11.2 Å². The maximum absolute atomic E-state index is 11.2. The van der Waals surface area contributed by atoms with Crippen molar-refractivity contribution in [3.8, 4) is 0 Å². The molecule has 5 nitrogen and oxygen atoms in total. The second-order valence-electron chi connectivity index (χ2n) is 3.76. The van der Waals surface area contributed by atoms with E-state index in [0.717, 1.165) is 6.29 Å². The van der Waals surface area contributed by atoms with E-state index in [-0.39, 0.29) is 17.4 Å². The van der Waals surface area contributed by atoms with Crippen LogP contribution in [0.5, 0.6) is 0 Å². The van der Waals surface area contributed by atoms with Crippen molar-refractivity contribution in [2.75, 3.05) is 26.5 Å². The molecular weight excluding hydrogens is 228 g/mol. The average Bonchev–Trinajstić information content (AvgIpc) is 2.24. The lowest BCUT2D eigenvalue weighted by molar-refractivity contribution is -0.122. The summed E-state index contributed by atoms with van der Waals surface area (Å²) in [6.45, 7) is 4.03. The number of hydrogen-bond acceptors (Lipinski definition) is 5. The number of aldehydes is 1. The molecule has 1 atom stereocenters. The fourth-order valence-electron chi connectivity index (χ4n) is 0.883. The molecule has 0 saturated carbocycles. The molecule has 0 rings (SSSR count). The van der Waals surface area contributed by atoms with Crippen LogP contribution >= 0.6 is 11.8 Å². The summed E-state index contributed by atoms with van der Waals surface area (Å²) in [4.78, 5) is 21.6. The molecule has 0 radical (unpaired) electrons. The first-order chi connectivity index (χ1) is 7.45. The Morgan fingerprint density at radius 1 is 1.56 bits per heavy atom. The summed E-state index contributed by atoms with van der Waals surface area (Å²) in [5, 5.41) is 5.34. The molecule has 0 aliphatic carbocycles. The SMILES string of the molecule is CNCC(=O)NC(C=O)CSC(C)(C)OC. The largest absolute Gasteiger partial charge is 0.368 e. The monoisotopic (exact) mass is 248 g/mol. The minimum atomic E-state index is -0.472.